The topological polar surface area (TPSA) is 34.9 Å². The van der Waals surface area contributed by atoms with Crippen molar-refractivity contribution in [1.29, 1.82) is 0 Å². The lowest BCUT2D eigenvalue weighted by Gasteiger charge is -2.06. The van der Waals surface area contributed by atoms with Crippen LogP contribution in [0.4, 0.5) is 17.6 Å². The summed E-state index contributed by atoms with van der Waals surface area (Å²) in [7, 11) is 0. The minimum Gasteiger partial charge on any atom is -0.298 e. The van der Waals surface area contributed by atoms with Crippen molar-refractivity contribution in [2.75, 3.05) is 0 Å². The van der Waals surface area contributed by atoms with Crippen molar-refractivity contribution in [2.24, 2.45) is 0 Å². The molecule has 0 saturated heterocycles. The summed E-state index contributed by atoms with van der Waals surface area (Å²) in [6.07, 6.45) is -4.99. The van der Waals surface area contributed by atoms with E-state index < -0.39 is 34.1 Å². The lowest BCUT2D eigenvalue weighted by molar-refractivity contribution is -0.141. The molecule has 0 amide bonds. The molecule has 0 bridgehead atoms. The summed E-state index contributed by atoms with van der Waals surface area (Å²) in [5.41, 5.74) is -2.84. The van der Waals surface area contributed by atoms with E-state index in [4.69, 9.17) is 23.2 Å². The summed E-state index contributed by atoms with van der Waals surface area (Å²) in [5.74, 6) is -0.923. The first kappa shape index (κ1) is 14.8. The number of aldehydes is 1. The van der Waals surface area contributed by atoms with Gasteiger partial charge in [0, 0.05) is 0 Å². The van der Waals surface area contributed by atoms with Gasteiger partial charge >= 0.3 is 6.18 Å². The minimum absolute atomic E-state index is 0.0938. The Bertz CT molecular complexity index is 662. The Balaban J connectivity index is 2.77. The second-order valence-corrected chi connectivity index (χ2v) is 4.42. The molecule has 0 aliphatic rings. The minimum atomic E-state index is -4.90. The molecule has 0 unspecified atom stereocenters. The van der Waals surface area contributed by atoms with Crippen LogP contribution in [-0.4, -0.2) is 16.1 Å². The number of rotatable bonds is 2. The number of benzene rings is 1. The molecule has 0 spiro atoms. The van der Waals surface area contributed by atoms with Crippen LogP contribution in [-0.2, 0) is 6.18 Å². The molecule has 1 heterocycles. The first-order chi connectivity index (χ1) is 9.27. The van der Waals surface area contributed by atoms with Crippen LogP contribution in [0, 0.1) is 5.82 Å². The average Bonchev–Trinajstić information content (AvgIpc) is 2.66. The van der Waals surface area contributed by atoms with Gasteiger partial charge in [-0.3, -0.25) is 4.79 Å². The largest absolute Gasteiger partial charge is 0.435 e. The highest BCUT2D eigenvalue weighted by Gasteiger charge is 2.39. The Morgan fingerprint density at radius 2 is 1.90 bits per heavy atom. The maximum atomic E-state index is 13.7. The monoisotopic (exact) mass is 326 g/mol. The number of alkyl halides is 3. The molecular weight excluding hydrogens is 323 g/mol. The van der Waals surface area contributed by atoms with Crippen molar-refractivity contribution < 1.29 is 22.4 Å². The Hall–Kier alpha value is -1.60. The predicted molar refractivity (Wildman–Crippen MR) is 63.9 cm³/mol. The summed E-state index contributed by atoms with van der Waals surface area (Å²) in [6.45, 7) is 0. The van der Waals surface area contributed by atoms with Crippen LogP contribution in [0.3, 0.4) is 0 Å². The summed E-state index contributed by atoms with van der Waals surface area (Å²) in [4.78, 5) is 10.7. The van der Waals surface area contributed by atoms with E-state index in [1.807, 2.05) is 0 Å². The van der Waals surface area contributed by atoms with Crippen LogP contribution < -0.4 is 0 Å². The van der Waals surface area contributed by atoms with Gasteiger partial charge in [0.1, 0.15) is 16.7 Å². The van der Waals surface area contributed by atoms with E-state index in [9.17, 15) is 22.4 Å². The van der Waals surface area contributed by atoms with E-state index in [1.165, 1.54) is 12.1 Å². The maximum Gasteiger partial charge on any atom is 0.435 e. The van der Waals surface area contributed by atoms with E-state index in [2.05, 4.69) is 5.10 Å². The van der Waals surface area contributed by atoms with Crippen LogP contribution in [0.15, 0.2) is 18.2 Å². The third kappa shape index (κ3) is 2.38. The van der Waals surface area contributed by atoms with Gasteiger partial charge in [0.25, 0.3) is 0 Å². The van der Waals surface area contributed by atoms with Crippen molar-refractivity contribution in [3.05, 3.63) is 45.4 Å². The molecule has 0 saturated carbocycles. The molecular formula is C11H4Cl2F4N2O. The van der Waals surface area contributed by atoms with Crippen molar-refractivity contribution in [3.63, 3.8) is 0 Å². The van der Waals surface area contributed by atoms with Gasteiger partial charge in [-0.1, -0.05) is 29.3 Å². The molecule has 0 atom stereocenters. The number of nitrogens with zero attached hydrogens (tertiary/aromatic N) is 2. The zero-order valence-electron chi connectivity index (χ0n) is 9.38. The maximum absolute atomic E-state index is 13.7. The summed E-state index contributed by atoms with van der Waals surface area (Å²) < 4.78 is 52.3. The molecule has 9 heteroatoms. The van der Waals surface area contributed by atoms with E-state index >= 15 is 0 Å². The Morgan fingerprint density at radius 1 is 1.25 bits per heavy atom. The number of hydrogen-bond donors (Lipinski definition) is 0. The van der Waals surface area contributed by atoms with Crippen molar-refractivity contribution in [3.8, 4) is 5.69 Å². The molecule has 0 N–H and O–H groups in total. The van der Waals surface area contributed by atoms with E-state index in [-0.39, 0.29) is 11.3 Å². The Morgan fingerprint density at radius 3 is 2.35 bits per heavy atom. The molecule has 2 rings (SSSR count). The van der Waals surface area contributed by atoms with E-state index in [0.717, 1.165) is 6.07 Å². The Labute approximate surface area is 119 Å². The number of carbonyl (C=O) groups is 1. The fourth-order valence-electron chi connectivity index (χ4n) is 1.56. The standard InChI is InChI=1S/C11H4Cl2F4N2O/c12-6-2-1-3-7(14)8(6)19-10(13)5(4-20)9(18-19)11(15,16)17/h1-4H. The van der Waals surface area contributed by atoms with Crippen LogP contribution in [0.2, 0.25) is 10.2 Å². The highest BCUT2D eigenvalue weighted by atomic mass is 35.5. The van der Waals surface area contributed by atoms with Crippen LogP contribution >= 0.6 is 23.2 Å². The summed E-state index contributed by atoms with van der Waals surface area (Å²) >= 11 is 11.4. The molecule has 20 heavy (non-hydrogen) atoms. The molecule has 0 aliphatic heterocycles. The van der Waals surface area contributed by atoms with Crippen molar-refractivity contribution in [1.82, 2.24) is 9.78 Å². The SMILES string of the molecule is O=Cc1c(C(F)(F)F)nn(-c2c(F)cccc2Cl)c1Cl. The molecule has 2 aromatic rings. The molecule has 106 valence electrons. The van der Waals surface area contributed by atoms with Gasteiger partial charge in [-0.25, -0.2) is 9.07 Å². The van der Waals surface area contributed by atoms with Gasteiger partial charge in [-0.2, -0.15) is 18.3 Å². The van der Waals surface area contributed by atoms with Gasteiger partial charge in [0.2, 0.25) is 0 Å². The van der Waals surface area contributed by atoms with Gasteiger partial charge in [-0.05, 0) is 12.1 Å². The lowest BCUT2D eigenvalue weighted by atomic mass is 10.2. The first-order valence-corrected chi connectivity index (χ1v) is 5.78. The normalized spacial score (nSPS) is 11.7. The molecule has 0 fully saturated rings. The van der Waals surface area contributed by atoms with E-state index in [0.29, 0.717) is 4.68 Å². The molecule has 1 aromatic carbocycles. The third-order valence-electron chi connectivity index (χ3n) is 2.40. The molecule has 0 aliphatic carbocycles. The van der Waals surface area contributed by atoms with Gasteiger partial charge in [0.05, 0.1) is 10.6 Å². The first-order valence-electron chi connectivity index (χ1n) is 5.02. The number of aromatic nitrogens is 2. The Kier molecular flexibility index (Phi) is 3.75. The number of hydrogen-bond acceptors (Lipinski definition) is 2. The fraction of sp³-hybridized carbons (Fsp3) is 0.0909. The van der Waals surface area contributed by atoms with Gasteiger partial charge in [-0.15, -0.1) is 0 Å². The van der Waals surface area contributed by atoms with Crippen LogP contribution in [0.25, 0.3) is 5.69 Å². The van der Waals surface area contributed by atoms with Gasteiger partial charge < -0.3 is 0 Å². The van der Waals surface area contributed by atoms with Crippen LogP contribution in [0.1, 0.15) is 16.1 Å². The zero-order chi connectivity index (χ0) is 15.1. The predicted octanol–water partition coefficient (Wildman–Crippen LogP) is 4.15. The third-order valence-corrected chi connectivity index (χ3v) is 3.07. The highest BCUT2D eigenvalue weighted by molar-refractivity contribution is 6.34. The summed E-state index contributed by atoms with van der Waals surface area (Å²) in [6, 6.07) is 3.50. The molecule has 0 radical (unpaired) electrons. The smallest absolute Gasteiger partial charge is 0.298 e. The quantitative estimate of drug-likeness (QED) is 0.613. The fourth-order valence-corrected chi connectivity index (χ4v) is 2.06. The van der Waals surface area contributed by atoms with Crippen molar-refractivity contribution in [2.45, 2.75) is 6.18 Å². The number of carbonyl (C=O) groups excluding carboxylic acids is 1. The number of para-hydroxylation sites is 1. The lowest BCUT2D eigenvalue weighted by Crippen LogP contribution is -2.10. The van der Waals surface area contributed by atoms with Gasteiger partial charge in [0.15, 0.2) is 12.0 Å². The number of halogens is 6. The summed E-state index contributed by atoms with van der Waals surface area (Å²) in [5, 5.41) is 2.29. The highest BCUT2D eigenvalue weighted by Crippen LogP contribution is 2.36. The second-order valence-electron chi connectivity index (χ2n) is 3.65. The molecule has 1 aromatic heterocycles. The van der Waals surface area contributed by atoms with Crippen LogP contribution in [0.5, 0.6) is 0 Å². The second kappa shape index (κ2) is 5.06. The zero-order valence-corrected chi connectivity index (χ0v) is 10.9. The molecule has 3 nitrogen and oxygen atoms in total. The van der Waals surface area contributed by atoms with Crippen molar-refractivity contribution >= 4 is 29.5 Å². The van der Waals surface area contributed by atoms with E-state index in [1.54, 1.807) is 0 Å². The average molecular weight is 327 g/mol.